The van der Waals surface area contributed by atoms with Gasteiger partial charge in [0.25, 0.3) is 0 Å². The quantitative estimate of drug-likeness (QED) is 0.789. The topological polar surface area (TPSA) is 49.6 Å². The Balaban J connectivity index is 1.23. The van der Waals surface area contributed by atoms with Gasteiger partial charge in [-0.1, -0.05) is 41.9 Å². The van der Waals surface area contributed by atoms with Crippen molar-refractivity contribution in [2.75, 3.05) is 26.2 Å². The third-order valence-electron chi connectivity index (χ3n) is 6.97. The molecule has 1 aliphatic carbocycles. The number of aromatic nitrogens is 1. The molecule has 0 unspecified atom stereocenters. The summed E-state index contributed by atoms with van der Waals surface area (Å²) in [6, 6.07) is 12.2. The number of carbonyl (C=O) groups excluding carboxylic acids is 1. The molecule has 3 fully saturated rings. The van der Waals surface area contributed by atoms with Crippen molar-refractivity contribution >= 4 is 5.91 Å². The van der Waals surface area contributed by atoms with Crippen LogP contribution in [0.15, 0.2) is 40.9 Å². The van der Waals surface area contributed by atoms with E-state index in [4.69, 9.17) is 4.52 Å². The molecular formula is C23H29N3O2. The van der Waals surface area contributed by atoms with Crippen LogP contribution in [0.25, 0.3) is 11.3 Å². The fourth-order valence-electron chi connectivity index (χ4n) is 5.14. The predicted molar refractivity (Wildman–Crippen MR) is 107 cm³/mol. The van der Waals surface area contributed by atoms with Gasteiger partial charge in [0, 0.05) is 31.3 Å². The zero-order valence-corrected chi connectivity index (χ0v) is 16.5. The summed E-state index contributed by atoms with van der Waals surface area (Å²) in [5.74, 6) is 2.04. The number of benzene rings is 1. The zero-order valence-electron chi connectivity index (χ0n) is 16.5. The van der Waals surface area contributed by atoms with Crippen LogP contribution in [0, 0.1) is 11.3 Å². The van der Waals surface area contributed by atoms with Gasteiger partial charge in [-0.3, -0.25) is 9.69 Å². The highest BCUT2D eigenvalue weighted by molar-refractivity contribution is 5.84. The molecule has 0 bridgehead atoms. The third kappa shape index (κ3) is 3.37. The van der Waals surface area contributed by atoms with E-state index in [1.807, 2.05) is 36.4 Å². The number of hydrogen-bond acceptors (Lipinski definition) is 4. The Labute approximate surface area is 166 Å². The second kappa shape index (κ2) is 7.36. The van der Waals surface area contributed by atoms with Gasteiger partial charge in [0.1, 0.15) is 5.69 Å². The molecule has 3 aliphatic rings. The molecule has 1 spiro atoms. The molecule has 0 radical (unpaired) electrons. The molecule has 1 aromatic carbocycles. The second-order valence-corrected chi connectivity index (χ2v) is 8.94. The highest BCUT2D eigenvalue weighted by Crippen LogP contribution is 2.41. The lowest BCUT2D eigenvalue weighted by molar-refractivity contribution is -0.146. The molecule has 1 saturated carbocycles. The van der Waals surface area contributed by atoms with Crippen LogP contribution in [0.2, 0.25) is 0 Å². The lowest BCUT2D eigenvalue weighted by Gasteiger charge is -2.42. The number of amides is 1. The van der Waals surface area contributed by atoms with Crippen LogP contribution in [-0.4, -0.2) is 47.0 Å². The maximum absolute atomic E-state index is 13.3. The van der Waals surface area contributed by atoms with Gasteiger partial charge in [-0.15, -0.1) is 0 Å². The van der Waals surface area contributed by atoms with E-state index < -0.39 is 0 Å². The van der Waals surface area contributed by atoms with Crippen LogP contribution in [0.5, 0.6) is 0 Å². The fraction of sp³-hybridized carbons (Fsp3) is 0.565. The van der Waals surface area contributed by atoms with E-state index >= 15 is 0 Å². The van der Waals surface area contributed by atoms with Crippen LogP contribution in [-0.2, 0) is 11.3 Å². The Kier molecular flexibility index (Phi) is 4.71. The van der Waals surface area contributed by atoms with E-state index in [0.717, 1.165) is 74.9 Å². The smallest absolute Gasteiger partial charge is 0.230 e. The van der Waals surface area contributed by atoms with Crippen LogP contribution < -0.4 is 0 Å². The summed E-state index contributed by atoms with van der Waals surface area (Å²) in [4.78, 5) is 17.8. The number of piperidine rings is 1. The average Bonchev–Trinajstić information content (AvgIpc) is 3.31. The molecule has 1 aromatic heterocycles. The van der Waals surface area contributed by atoms with Gasteiger partial charge in [-0.05, 0) is 44.6 Å². The average molecular weight is 380 g/mol. The first kappa shape index (κ1) is 17.9. The number of rotatable bonds is 5. The van der Waals surface area contributed by atoms with Crippen molar-refractivity contribution in [3.05, 3.63) is 42.2 Å². The summed E-state index contributed by atoms with van der Waals surface area (Å²) in [5.41, 5.74) is 1.79. The maximum atomic E-state index is 13.3. The van der Waals surface area contributed by atoms with Crippen molar-refractivity contribution in [1.82, 2.24) is 15.0 Å². The summed E-state index contributed by atoms with van der Waals surface area (Å²) in [6.45, 7) is 4.50. The molecule has 28 heavy (non-hydrogen) atoms. The summed E-state index contributed by atoms with van der Waals surface area (Å²) in [5, 5.41) is 4.23. The Morgan fingerprint density at radius 1 is 1.11 bits per heavy atom. The van der Waals surface area contributed by atoms with Gasteiger partial charge in [0.05, 0.1) is 12.0 Å². The van der Waals surface area contributed by atoms with Gasteiger partial charge in [0.15, 0.2) is 5.76 Å². The monoisotopic (exact) mass is 379 g/mol. The van der Waals surface area contributed by atoms with Crippen LogP contribution in [0.1, 0.15) is 44.3 Å². The largest absolute Gasteiger partial charge is 0.359 e. The van der Waals surface area contributed by atoms with Gasteiger partial charge >= 0.3 is 0 Å². The van der Waals surface area contributed by atoms with Crippen LogP contribution in [0.3, 0.4) is 0 Å². The molecule has 3 heterocycles. The Bertz CT molecular complexity index is 829. The number of carbonyl (C=O) groups is 1. The lowest BCUT2D eigenvalue weighted by Crippen LogP contribution is -2.51. The van der Waals surface area contributed by atoms with Crippen molar-refractivity contribution in [2.24, 2.45) is 11.3 Å². The third-order valence-corrected chi connectivity index (χ3v) is 6.97. The lowest BCUT2D eigenvalue weighted by atomic mass is 9.77. The summed E-state index contributed by atoms with van der Waals surface area (Å²) in [6.07, 6.45) is 7.11. The summed E-state index contributed by atoms with van der Waals surface area (Å²) >= 11 is 0. The van der Waals surface area contributed by atoms with E-state index in [9.17, 15) is 4.79 Å². The minimum Gasteiger partial charge on any atom is -0.359 e. The van der Waals surface area contributed by atoms with Crippen molar-refractivity contribution < 1.29 is 9.32 Å². The van der Waals surface area contributed by atoms with Gasteiger partial charge in [-0.2, -0.15) is 0 Å². The van der Waals surface area contributed by atoms with Crippen molar-refractivity contribution in [3.8, 4) is 11.3 Å². The van der Waals surface area contributed by atoms with E-state index in [-0.39, 0.29) is 5.41 Å². The first-order valence-corrected chi connectivity index (χ1v) is 10.7. The van der Waals surface area contributed by atoms with E-state index in [1.54, 1.807) is 0 Å². The number of likely N-dealkylation sites (tertiary alicyclic amines) is 2. The first-order valence-electron chi connectivity index (χ1n) is 10.7. The molecule has 5 heteroatoms. The highest BCUT2D eigenvalue weighted by Gasteiger charge is 2.48. The molecule has 2 aliphatic heterocycles. The Morgan fingerprint density at radius 2 is 1.96 bits per heavy atom. The van der Waals surface area contributed by atoms with Crippen molar-refractivity contribution in [1.29, 1.82) is 0 Å². The van der Waals surface area contributed by atoms with Crippen LogP contribution in [0.4, 0.5) is 0 Å². The van der Waals surface area contributed by atoms with Gasteiger partial charge in [-0.25, -0.2) is 0 Å². The number of nitrogens with zero attached hydrogens (tertiary/aromatic N) is 3. The molecule has 5 nitrogen and oxygen atoms in total. The van der Waals surface area contributed by atoms with Crippen LogP contribution >= 0.6 is 0 Å². The summed E-state index contributed by atoms with van der Waals surface area (Å²) < 4.78 is 5.59. The minimum atomic E-state index is -0.162. The molecule has 2 saturated heterocycles. The SMILES string of the molecule is O=C1N(CC2CCC2)CCC[C@]12CCN(Cc1cc(-c3ccccc3)no1)C2. The maximum Gasteiger partial charge on any atom is 0.230 e. The van der Waals surface area contributed by atoms with E-state index in [0.29, 0.717) is 5.91 Å². The number of hydrogen-bond donors (Lipinski definition) is 0. The molecule has 1 amide bonds. The standard InChI is InChI=1S/C23H29N3O2/c27-22-23(10-5-12-26(22)15-18-6-4-7-18)11-13-25(17-23)16-20-14-21(24-28-20)19-8-2-1-3-9-19/h1-3,8-9,14,18H,4-7,10-13,15-17H2/t23-/m1/s1. The Hall–Kier alpha value is -2.14. The molecule has 5 rings (SSSR count). The highest BCUT2D eigenvalue weighted by atomic mass is 16.5. The fourth-order valence-corrected chi connectivity index (χ4v) is 5.14. The molecule has 0 N–H and O–H groups in total. The zero-order chi connectivity index (χ0) is 19.0. The second-order valence-electron chi connectivity index (χ2n) is 8.94. The molecule has 148 valence electrons. The van der Waals surface area contributed by atoms with Crippen molar-refractivity contribution in [3.63, 3.8) is 0 Å². The molecular weight excluding hydrogens is 350 g/mol. The Morgan fingerprint density at radius 3 is 2.75 bits per heavy atom. The molecule has 2 aromatic rings. The van der Waals surface area contributed by atoms with Gasteiger partial charge < -0.3 is 9.42 Å². The van der Waals surface area contributed by atoms with E-state index in [2.05, 4.69) is 15.0 Å². The normalized spacial score (nSPS) is 26.1. The van der Waals surface area contributed by atoms with Gasteiger partial charge in [0.2, 0.25) is 5.91 Å². The predicted octanol–water partition coefficient (Wildman–Crippen LogP) is 3.96. The van der Waals surface area contributed by atoms with E-state index in [1.165, 1.54) is 19.3 Å². The minimum absolute atomic E-state index is 0.162. The molecule has 1 atom stereocenters. The first-order chi connectivity index (χ1) is 13.7. The van der Waals surface area contributed by atoms with Crippen molar-refractivity contribution in [2.45, 2.75) is 45.1 Å². The summed E-state index contributed by atoms with van der Waals surface area (Å²) in [7, 11) is 0.